The summed E-state index contributed by atoms with van der Waals surface area (Å²) >= 11 is 0. The molecular formula is C6H10F8N2S. The summed E-state index contributed by atoms with van der Waals surface area (Å²) in [6.45, 7) is 1.14. The minimum atomic E-state index is -10.5. The van der Waals surface area contributed by atoms with Crippen LogP contribution in [0.25, 0.3) is 0 Å². The van der Waals surface area contributed by atoms with Crippen LogP contribution in [-0.4, -0.2) is 30.0 Å². The molecule has 11 heteroatoms. The van der Waals surface area contributed by atoms with Crippen molar-refractivity contribution in [1.29, 1.82) is 0 Å². The minimum Gasteiger partial charge on any atom is -0.352 e. The molecule has 0 aromatic carbocycles. The minimum absolute atomic E-state index is 0.0674. The fraction of sp³-hybridized carbons (Fsp3) is 0.833. The van der Waals surface area contributed by atoms with Gasteiger partial charge in [0.05, 0.1) is 0 Å². The van der Waals surface area contributed by atoms with Gasteiger partial charge in [0.15, 0.2) is 0 Å². The topological polar surface area (TPSA) is 15.6 Å². The average molecular weight is 294 g/mol. The fourth-order valence-electron chi connectivity index (χ4n) is 0.975. The van der Waals surface area contributed by atoms with Crippen molar-refractivity contribution < 1.29 is 32.6 Å². The maximum Gasteiger partial charge on any atom is 0.450 e. The summed E-state index contributed by atoms with van der Waals surface area (Å²) in [6, 6.07) is 0. The molecule has 0 heterocycles. The first kappa shape index (κ1) is 16.3. The summed E-state index contributed by atoms with van der Waals surface area (Å²) in [4.78, 5) is 0.0674. The first-order valence-corrected chi connectivity index (χ1v) is 6.17. The Bertz CT molecular complexity index is 310. The Hall–Kier alpha value is -0.740. The van der Waals surface area contributed by atoms with Crippen molar-refractivity contribution in [2.45, 2.75) is 20.0 Å². The van der Waals surface area contributed by atoms with E-state index in [1.165, 1.54) is 0 Å². The van der Waals surface area contributed by atoms with Crippen LogP contribution in [0.1, 0.15) is 13.8 Å². The predicted molar refractivity (Wildman–Crippen MR) is 49.5 cm³/mol. The lowest BCUT2D eigenvalue weighted by molar-refractivity contribution is -0.0686. The number of rotatable bonds is 3. The Morgan fingerprint density at radius 3 is 1.53 bits per heavy atom. The largest absolute Gasteiger partial charge is 0.450 e. The zero-order chi connectivity index (χ0) is 14.2. The maximum absolute atomic E-state index is 12.2. The second-order valence-electron chi connectivity index (χ2n) is 3.01. The van der Waals surface area contributed by atoms with Crippen molar-refractivity contribution in [2.75, 3.05) is 13.1 Å². The van der Waals surface area contributed by atoms with Gasteiger partial charge in [0.25, 0.3) is 0 Å². The lowest BCUT2D eigenvalue weighted by atomic mass is 10.4. The molecule has 0 saturated heterocycles. The second-order valence-corrected chi connectivity index (χ2v) is 5.05. The van der Waals surface area contributed by atoms with E-state index in [-0.39, 0.29) is 4.90 Å². The number of alkyl halides is 3. The maximum atomic E-state index is 12.2. The standard InChI is InChI=1S/C6H10F8N2S/c1-3-16(4-2)5(6(7,8)9)15-17(10,11,12,13)14/h3-4H2,1-2H3/b15-5-. The molecule has 106 valence electrons. The van der Waals surface area contributed by atoms with E-state index in [1.807, 2.05) is 0 Å². The molecule has 0 fully saturated rings. The van der Waals surface area contributed by atoms with E-state index < -0.39 is 35.5 Å². The molecular weight excluding hydrogens is 284 g/mol. The van der Waals surface area contributed by atoms with Gasteiger partial charge in [-0.25, -0.2) is 0 Å². The number of nitrogens with zero attached hydrogens (tertiary/aromatic N) is 2. The Kier molecular flexibility index (Phi) is 3.47. The van der Waals surface area contributed by atoms with Crippen LogP contribution in [0.3, 0.4) is 0 Å². The summed E-state index contributed by atoms with van der Waals surface area (Å²) in [6.07, 6.45) is -5.60. The van der Waals surface area contributed by atoms with Crippen molar-refractivity contribution in [3.63, 3.8) is 0 Å². The van der Waals surface area contributed by atoms with Crippen molar-refractivity contribution in [1.82, 2.24) is 4.90 Å². The van der Waals surface area contributed by atoms with Crippen molar-refractivity contribution >= 4 is 16.2 Å². The number of hydrogen-bond donors (Lipinski definition) is 0. The first-order chi connectivity index (χ1) is 7.09. The van der Waals surface area contributed by atoms with E-state index in [9.17, 15) is 32.6 Å². The molecule has 0 saturated carbocycles. The zero-order valence-electron chi connectivity index (χ0n) is 8.74. The molecule has 0 aliphatic rings. The normalized spacial score (nSPS) is 18.6. The molecule has 0 N–H and O–H groups in total. The third-order valence-electron chi connectivity index (χ3n) is 1.58. The molecule has 0 rings (SSSR count). The van der Waals surface area contributed by atoms with E-state index in [1.54, 1.807) is 0 Å². The van der Waals surface area contributed by atoms with E-state index in [4.69, 9.17) is 0 Å². The highest BCUT2D eigenvalue weighted by Gasteiger charge is 2.66. The molecule has 0 atom stereocenters. The summed E-state index contributed by atoms with van der Waals surface area (Å²) < 4.78 is 97.0. The van der Waals surface area contributed by atoms with Gasteiger partial charge in [0.2, 0.25) is 5.84 Å². The van der Waals surface area contributed by atoms with Gasteiger partial charge in [-0.05, 0) is 13.8 Å². The molecule has 0 aromatic rings. The van der Waals surface area contributed by atoms with Crippen LogP contribution in [0, 0.1) is 0 Å². The van der Waals surface area contributed by atoms with Gasteiger partial charge < -0.3 is 4.90 Å². The third kappa shape index (κ3) is 6.54. The molecule has 2 nitrogen and oxygen atoms in total. The smallest absolute Gasteiger partial charge is 0.352 e. The SMILES string of the molecule is CCN(CC)/C(=N\S(F)(F)(F)(F)F)C(F)(F)F. The Morgan fingerprint density at radius 2 is 1.35 bits per heavy atom. The molecule has 0 aromatic heterocycles. The van der Waals surface area contributed by atoms with Crippen LogP contribution < -0.4 is 0 Å². The van der Waals surface area contributed by atoms with E-state index >= 15 is 0 Å². The predicted octanol–water partition coefficient (Wildman–Crippen LogP) is 4.50. The van der Waals surface area contributed by atoms with Gasteiger partial charge in [-0.15, -0.1) is 4.40 Å². The Morgan fingerprint density at radius 1 is 1.00 bits per heavy atom. The molecule has 0 unspecified atom stereocenters. The quantitative estimate of drug-likeness (QED) is 0.425. The van der Waals surface area contributed by atoms with Crippen LogP contribution >= 0.6 is 10.4 Å². The molecule has 0 amide bonds. The molecule has 17 heavy (non-hydrogen) atoms. The number of halogens is 8. The summed E-state index contributed by atoms with van der Waals surface area (Å²) in [7, 11) is -10.5. The summed E-state index contributed by atoms with van der Waals surface area (Å²) in [5, 5.41) is 0. The van der Waals surface area contributed by atoms with E-state index in [0.717, 1.165) is 18.2 Å². The van der Waals surface area contributed by atoms with Crippen LogP contribution in [0.15, 0.2) is 4.40 Å². The zero-order valence-corrected chi connectivity index (χ0v) is 9.56. The molecule has 0 spiro atoms. The molecule has 0 bridgehead atoms. The van der Waals surface area contributed by atoms with Crippen LogP contribution in [0.2, 0.25) is 0 Å². The molecule has 0 aliphatic heterocycles. The number of amidine groups is 1. The number of hydrogen-bond acceptors (Lipinski definition) is 1. The van der Waals surface area contributed by atoms with Gasteiger partial charge >= 0.3 is 16.6 Å². The highest BCUT2D eigenvalue weighted by atomic mass is 32.5. The average Bonchev–Trinajstić information content (AvgIpc) is 1.98. The third-order valence-corrected chi connectivity index (χ3v) is 2.09. The van der Waals surface area contributed by atoms with Gasteiger partial charge in [-0.3, -0.25) is 0 Å². The van der Waals surface area contributed by atoms with Crippen molar-refractivity contribution in [2.24, 2.45) is 4.40 Å². The van der Waals surface area contributed by atoms with E-state index in [0.29, 0.717) is 0 Å². The second kappa shape index (κ2) is 3.62. The molecule has 0 radical (unpaired) electrons. The highest BCUT2D eigenvalue weighted by Crippen LogP contribution is 2.99. The highest BCUT2D eigenvalue weighted by molar-refractivity contribution is 8.44. The van der Waals surface area contributed by atoms with Crippen LogP contribution in [0.5, 0.6) is 0 Å². The van der Waals surface area contributed by atoms with Crippen molar-refractivity contribution in [3.05, 3.63) is 0 Å². The van der Waals surface area contributed by atoms with Gasteiger partial charge in [0, 0.05) is 13.1 Å². The summed E-state index contributed by atoms with van der Waals surface area (Å²) in [5.74, 6) is -2.62. The van der Waals surface area contributed by atoms with E-state index in [2.05, 4.69) is 0 Å². The molecule has 0 aliphatic carbocycles. The summed E-state index contributed by atoms with van der Waals surface area (Å²) in [5.41, 5.74) is 0. The lowest BCUT2D eigenvalue weighted by Gasteiger charge is -2.37. The Balaban J connectivity index is 5.78. The van der Waals surface area contributed by atoms with Crippen LogP contribution in [0.4, 0.5) is 32.6 Å². The van der Waals surface area contributed by atoms with Crippen LogP contribution in [-0.2, 0) is 0 Å². The van der Waals surface area contributed by atoms with Gasteiger partial charge in [0.1, 0.15) is 0 Å². The first-order valence-electron chi connectivity index (χ1n) is 4.26. The monoisotopic (exact) mass is 294 g/mol. The fourth-order valence-corrected chi connectivity index (χ4v) is 1.52. The van der Waals surface area contributed by atoms with Crippen molar-refractivity contribution in [3.8, 4) is 0 Å². The lowest BCUT2D eigenvalue weighted by Crippen LogP contribution is -2.42. The van der Waals surface area contributed by atoms with Gasteiger partial charge in [-0.2, -0.15) is 13.2 Å². The Labute approximate surface area is 92.2 Å². The van der Waals surface area contributed by atoms with Gasteiger partial charge in [-0.1, -0.05) is 19.4 Å².